The summed E-state index contributed by atoms with van der Waals surface area (Å²) in [5, 5.41) is 23.7. The van der Waals surface area contributed by atoms with Gasteiger partial charge in [0.15, 0.2) is 6.29 Å². The van der Waals surface area contributed by atoms with E-state index in [0.717, 1.165) is 13.0 Å². The number of carbonyl (C=O) groups excluding carboxylic acids is 1. The second-order valence-corrected chi connectivity index (χ2v) is 7.98. The Balaban J connectivity index is 0.000000471. The maximum Gasteiger partial charge on any atom is 0.387 e. The maximum absolute atomic E-state index is 12.3. The molecular formula is C25H36F2N4O4. The lowest BCUT2D eigenvalue weighted by molar-refractivity contribution is -0.0498. The van der Waals surface area contributed by atoms with Gasteiger partial charge < -0.3 is 25.2 Å². The molecule has 0 saturated carbocycles. The van der Waals surface area contributed by atoms with E-state index in [-0.39, 0.29) is 29.6 Å². The molecule has 0 fully saturated rings. The van der Waals surface area contributed by atoms with E-state index in [1.165, 1.54) is 24.4 Å². The average molecular weight is 495 g/mol. The highest BCUT2D eigenvalue weighted by molar-refractivity contribution is 6.13. The van der Waals surface area contributed by atoms with Crippen LogP contribution in [0.3, 0.4) is 0 Å². The fourth-order valence-corrected chi connectivity index (χ4v) is 3.11. The zero-order valence-corrected chi connectivity index (χ0v) is 20.8. The van der Waals surface area contributed by atoms with E-state index in [2.05, 4.69) is 20.4 Å². The summed E-state index contributed by atoms with van der Waals surface area (Å²) in [6.45, 7) is 6.11. The molecule has 1 unspecified atom stereocenters. The van der Waals surface area contributed by atoms with Crippen LogP contribution in [-0.4, -0.2) is 67.1 Å². The first kappa shape index (κ1) is 30.1. The monoisotopic (exact) mass is 494 g/mol. The second-order valence-electron chi connectivity index (χ2n) is 7.98. The first-order valence-electron chi connectivity index (χ1n) is 11.4. The minimum absolute atomic E-state index is 0.0323. The highest BCUT2D eigenvalue weighted by atomic mass is 19.3. The minimum atomic E-state index is -2.93. The Morgan fingerprint density at radius 1 is 1.26 bits per heavy atom. The molecule has 2 atom stereocenters. The summed E-state index contributed by atoms with van der Waals surface area (Å²) in [5.41, 5.74) is 1.65. The van der Waals surface area contributed by atoms with Crippen LogP contribution in [-0.2, 0) is 4.74 Å². The number of halogens is 2. The van der Waals surface area contributed by atoms with Crippen molar-refractivity contribution in [3.63, 3.8) is 0 Å². The fraction of sp³-hybridized carbons (Fsp3) is 0.480. The van der Waals surface area contributed by atoms with Gasteiger partial charge in [0.05, 0.1) is 17.5 Å². The molecule has 0 amide bonds. The zero-order chi connectivity index (χ0) is 26.4. The Labute approximate surface area is 205 Å². The molecule has 0 aliphatic rings. The molecule has 1 aromatic heterocycles. The third-order valence-corrected chi connectivity index (χ3v) is 4.80. The molecule has 1 aromatic carbocycles. The lowest BCUT2D eigenvalue weighted by atomic mass is 10.0. The Morgan fingerprint density at radius 2 is 1.97 bits per heavy atom. The van der Waals surface area contributed by atoms with Crippen molar-refractivity contribution in [2.45, 2.75) is 58.9 Å². The smallest absolute Gasteiger partial charge is 0.387 e. The molecule has 4 N–H and O–H groups in total. The molecule has 0 saturated heterocycles. The quantitative estimate of drug-likeness (QED) is 0.188. The summed E-state index contributed by atoms with van der Waals surface area (Å²) in [5.74, 6) is -0.0323. The van der Waals surface area contributed by atoms with Gasteiger partial charge in [0.2, 0.25) is 0 Å². The first-order valence-corrected chi connectivity index (χ1v) is 11.4. The molecule has 0 bridgehead atoms. The number of hydrogen-bond acceptors (Lipinski definition) is 8. The van der Waals surface area contributed by atoms with Crippen molar-refractivity contribution in [1.82, 2.24) is 10.3 Å². The molecule has 194 valence electrons. The van der Waals surface area contributed by atoms with Gasteiger partial charge in [0.1, 0.15) is 11.4 Å². The van der Waals surface area contributed by atoms with E-state index in [4.69, 9.17) is 10.1 Å². The molecule has 0 aliphatic carbocycles. The summed E-state index contributed by atoms with van der Waals surface area (Å²) < 4.78 is 34.2. The van der Waals surface area contributed by atoms with Gasteiger partial charge in [0, 0.05) is 42.6 Å². The van der Waals surface area contributed by atoms with Crippen molar-refractivity contribution >= 4 is 17.7 Å². The van der Waals surface area contributed by atoms with Gasteiger partial charge in [-0.1, -0.05) is 12.1 Å². The Hall–Kier alpha value is -2.95. The number of nitrogens with zero attached hydrogens (tertiary/aromatic N) is 1. The van der Waals surface area contributed by atoms with Crippen LogP contribution < -0.4 is 15.4 Å². The number of aldehydes is 1. The van der Waals surface area contributed by atoms with Crippen LogP contribution in [0.15, 0.2) is 36.5 Å². The molecule has 2 rings (SSSR count). The highest BCUT2D eigenvalue weighted by Crippen LogP contribution is 2.22. The van der Waals surface area contributed by atoms with Crippen LogP contribution in [0.1, 0.15) is 55.7 Å². The van der Waals surface area contributed by atoms with Gasteiger partial charge in [0.25, 0.3) is 0 Å². The number of carbonyl (C=O) groups is 1. The van der Waals surface area contributed by atoms with E-state index >= 15 is 0 Å². The summed E-state index contributed by atoms with van der Waals surface area (Å²) in [4.78, 5) is 15.1. The zero-order valence-electron chi connectivity index (χ0n) is 20.8. The summed E-state index contributed by atoms with van der Waals surface area (Å²) >= 11 is 0. The number of aliphatic hydroxyl groups excluding tert-OH is 1. The molecule has 0 spiro atoms. The molecule has 2 aromatic rings. The molecule has 10 heteroatoms. The third kappa shape index (κ3) is 10.9. The van der Waals surface area contributed by atoms with Gasteiger partial charge in [-0.15, -0.1) is 0 Å². The summed E-state index contributed by atoms with van der Waals surface area (Å²) in [7, 11) is 1.85. The van der Waals surface area contributed by atoms with Gasteiger partial charge >= 0.3 is 6.61 Å². The van der Waals surface area contributed by atoms with Crippen molar-refractivity contribution in [3.8, 4) is 5.75 Å². The Bertz CT molecular complexity index is 926. The van der Waals surface area contributed by atoms with E-state index in [1.54, 1.807) is 19.1 Å². The number of rotatable bonds is 13. The van der Waals surface area contributed by atoms with Crippen LogP contribution in [0.4, 0.5) is 14.5 Å². The van der Waals surface area contributed by atoms with Crippen molar-refractivity contribution in [1.29, 1.82) is 5.41 Å². The molecule has 0 aliphatic heterocycles. The number of hydrogen-bond donors (Lipinski definition) is 4. The number of alkyl halides is 2. The molecule has 35 heavy (non-hydrogen) atoms. The molecule has 0 radical (unpaired) electrons. The second kappa shape index (κ2) is 15.9. The van der Waals surface area contributed by atoms with Crippen LogP contribution in [0.25, 0.3) is 0 Å². The SMILES string of the molecule is CC(C)Nc1cc(C=O)cnc1C(=N)c1cccc(OC(F)F)c1.CCOCCC(NC)[C@@H](C)O. The van der Waals surface area contributed by atoms with Gasteiger partial charge in [-0.05, 0) is 59.4 Å². The standard InChI is InChI=1S/C17H17F2N3O2.C8H19NO2/c1-10(2)22-14-6-11(9-23)8-21-16(14)15(20)12-4-3-5-13(7-12)24-17(18)19;1-4-11-6-5-8(9-3)7(2)10/h3-10,17,20,22H,1-2H3;7-10H,4-6H2,1-3H3/t;7-,8?/m.1/s1. The fourth-order valence-electron chi connectivity index (χ4n) is 3.11. The predicted molar refractivity (Wildman–Crippen MR) is 133 cm³/mol. The highest BCUT2D eigenvalue weighted by Gasteiger charge is 2.15. The number of benzene rings is 1. The number of anilines is 1. The van der Waals surface area contributed by atoms with Crippen LogP contribution in [0.5, 0.6) is 5.75 Å². The number of aliphatic hydroxyl groups is 1. The third-order valence-electron chi connectivity index (χ3n) is 4.80. The van der Waals surface area contributed by atoms with Gasteiger partial charge in [-0.25, -0.2) is 0 Å². The number of aromatic nitrogens is 1. The van der Waals surface area contributed by atoms with Crippen molar-refractivity contribution < 1.29 is 28.2 Å². The average Bonchev–Trinajstić information content (AvgIpc) is 2.81. The normalized spacial score (nSPS) is 12.5. The molecule has 1 heterocycles. The van der Waals surface area contributed by atoms with Gasteiger partial charge in [-0.3, -0.25) is 15.2 Å². The molecular weight excluding hydrogens is 458 g/mol. The van der Waals surface area contributed by atoms with E-state index in [1.807, 2.05) is 27.8 Å². The number of nitrogens with one attached hydrogen (secondary N) is 3. The van der Waals surface area contributed by atoms with E-state index in [0.29, 0.717) is 35.4 Å². The van der Waals surface area contributed by atoms with Gasteiger partial charge in [-0.2, -0.15) is 8.78 Å². The maximum atomic E-state index is 12.3. The van der Waals surface area contributed by atoms with Crippen molar-refractivity contribution in [2.24, 2.45) is 0 Å². The summed E-state index contributed by atoms with van der Waals surface area (Å²) in [6, 6.07) is 7.69. The topological polar surface area (TPSA) is 117 Å². The van der Waals surface area contributed by atoms with E-state index < -0.39 is 6.61 Å². The van der Waals surface area contributed by atoms with Crippen LogP contribution in [0.2, 0.25) is 0 Å². The Kier molecular flexibility index (Phi) is 13.6. The number of ether oxygens (including phenoxy) is 2. The number of pyridine rings is 1. The first-order chi connectivity index (χ1) is 16.6. The largest absolute Gasteiger partial charge is 0.435 e. The van der Waals surface area contributed by atoms with Crippen LogP contribution in [0, 0.1) is 5.41 Å². The number of likely N-dealkylation sites (N-methyl/N-ethyl adjacent to an activating group) is 1. The predicted octanol–water partition coefficient (Wildman–Crippen LogP) is 4.11. The van der Waals surface area contributed by atoms with Crippen molar-refractivity contribution in [3.05, 3.63) is 53.3 Å². The minimum Gasteiger partial charge on any atom is -0.435 e. The van der Waals surface area contributed by atoms with Crippen LogP contribution >= 0.6 is 0 Å². The van der Waals surface area contributed by atoms with Crippen molar-refractivity contribution in [2.75, 3.05) is 25.6 Å². The lowest BCUT2D eigenvalue weighted by Crippen LogP contribution is -2.36. The summed E-state index contributed by atoms with van der Waals surface area (Å²) in [6.07, 6.45) is 2.59. The molecule has 8 nitrogen and oxygen atoms in total. The van der Waals surface area contributed by atoms with E-state index in [9.17, 15) is 18.7 Å². The lowest BCUT2D eigenvalue weighted by Gasteiger charge is -2.18. The Morgan fingerprint density at radius 3 is 2.51 bits per heavy atom.